The summed E-state index contributed by atoms with van der Waals surface area (Å²) in [4.78, 5) is 28.8. The van der Waals surface area contributed by atoms with Crippen molar-refractivity contribution in [1.82, 2.24) is 9.80 Å². The maximum atomic E-state index is 12.7. The summed E-state index contributed by atoms with van der Waals surface area (Å²) >= 11 is 0. The molecule has 0 spiro atoms. The molecule has 2 atom stereocenters. The summed E-state index contributed by atoms with van der Waals surface area (Å²) in [6, 6.07) is 5.77. The molecule has 0 unspecified atom stereocenters. The van der Waals surface area contributed by atoms with Crippen LogP contribution in [0.4, 0.5) is 4.79 Å². The molecule has 1 saturated heterocycles. The van der Waals surface area contributed by atoms with Crippen LogP contribution in [0.25, 0.3) is 0 Å². The van der Waals surface area contributed by atoms with Crippen LogP contribution in [0.3, 0.4) is 0 Å². The van der Waals surface area contributed by atoms with Crippen molar-refractivity contribution in [3.8, 4) is 0 Å². The first-order valence-electron chi connectivity index (χ1n) is 10.3. The number of benzene rings is 1. The van der Waals surface area contributed by atoms with Crippen LogP contribution >= 0.6 is 0 Å². The summed E-state index contributed by atoms with van der Waals surface area (Å²) in [6.07, 6.45) is 5.46. The molecule has 0 radical (unpaired) electrons. The lowest BCUT2D eigenvalue weighted by Crippen LogP contribution is -2.44. The van der Waals surface area contributed by atoms with E-state index in [-0.39, 0.29) is 24.0 Å². The largest absolute Gasteiger partial charge is 0.444 e. The molecule has 6 nitrogen and oxygen atoms in total. The monoisotopic (exact) mass is 400 g/mol. The molecular formula is C23H32N2O4. The van der Waals surface area contributed by atoms with Gasteiger partial charge in [0.15, 0.2) is 5.78 Å². The lowest BCUT2D eigenvalue weighted by atomic mass is 9.90. The Morgan fingerprint density at radius 2 is 2.03 bits per heavy atom. The van der Waals surface area contributed by atoms with Crippen LogP contribution < -0.4 is 0 Å². The van der Waals surface area contributed by atoms with Crippen molar-refractivity contribution >= 4 is 11.9 Å². The van der Waals surface area contributed by atoms with Crippen molar-refractivity contribution in [3.05, 3.63) is 47.2 Å². The highest BCUT2D eigenvalue weighted by atomic mass is 16.6. The number of hydrogen-bond acceptors (Lipinski definition) is 5. The molecule has 1 amide bonds. The Bertz CT molecular complexity index is 795. The van der Waals surface area contributed by atoms with Crippen LogP contribution in [0.1, 0.15) is 61.2 Å². The predicted molar refractivity (Wildman–Crippen MR) is 112 cm³/mol. The fourth-order valence-electron chi connectivity index (χ4n) is 3.92. The maximum Gasteiger partial charge on any atom is 0.410 e. The average molecular weight is 401 g/mol. The van der Waals surface area contributed by atoms with Crippen LogP contribution in [-0.2, 0) is 15.9 Å². The van der Waals surface area contributed by atoms with Crippen LogP contribution in [0.2, 0.25) is 0 Å². The number of ketones is 1. The number of amides is 1. The van der Waals surface area contributed by atoms with Gasteiger partial charge in [-0.05, 0) is 57.2 Å². The van der Waals surface area contributed by atoms with Gasteiger partial charge in [0, 0.05) is 38.5 Å². The summed E-state index contributed by atoms with van der Waals surface area (Å²) in [6.45, 7) is 6.91. The number of hydrogen-bond donors (Lipinski definition) is 0. The highest BCUT2D eigenvalue weighted by Crippen LogP contribution is 2.37. The zero-order chi connectivity index (χ0) is 21.2. The maximum absolute atomic E-state index is 12.7. The molecule has 2 heterocycles. The molecule has 6 heteroatoms. The number of rotatable bonds is 4. The number of nitrogens with zero attached hydrogens (tertiary/aromatic N) is 2. The van der Waals surface area contributed by atoms with Crippen molar-refractivity contribution in [2.75, 3.05) is 27.2 Å². The molecule has 158 valence electrons. The van der Waals surface area contributed by atoms with Crippen molar-refractivity contribution in [2.45, 2.75) is 57.8 Å². The first kappa shape index (κ1) is 21.4. The van der Waals surface area contributed by atoms with Crippen LogP contribution in [0.5, 0.6) is 0 Å². The van der Waals surface area contributed by atoms with E-state index < -0.39 is 5.60 Å². The van der Waals surface area contributed by atoms with Crippen LogP contribution in [0, 0.1) is 0 Å². The number of likely N-dealkylation sites (tertiary alicyclic amines) is 1. The van der Waals surface area contributed by atoms with Gasteiger partial charge in [0.1, 0.15) is 11.7 Å². The summed E-state index contributed by atoms with van der Waals surface area (Å²) in [7, 11) is 3.77. The smallest absolute Gasteiger partial charge is 0.410 e. The minimum absolute atomic E-state index is 0.0132. The molecule has 3 rings (SSSR count). The summed E-state index contributed by atoms with van der Waals surface area (Å²) in [5, 5.41) is 0. The van der Waals surface area contributed by atoms with Gasteiger partial charge in [-0.25, -0.2) is 4.79 Å². The normalized spacial score (nSPS) is 21.9. The Morgan fingerprint density at radius 3 is 2.72 bits per heavy atom. The van der Waals surface area contributed by atoms with E-state index in [1.165, 1.54) is 0 Å². The van der Waals surface area contributed by atoms with Crippen molar-refractivity contribution in [3.63, 3.8) is 0 Å². The minimum Gasteiger partial charge on any atom is -0.444 e. The second-order valence-corrected chi connectivity index (χ2v) is 8.98. The quantitative estimate of drug-likeness (QED) is 0.566. The predicted octanol–water partition coefficient (Wildman–Crippen LogP) is 3.96. The van der Waals surface area contributed by atoms with Gasteiger partial charge in [0.05, 0.1) is 12.6 Å². The summed E-state index contributed by atoms with van der Waals surface area (Å²) in [5.74, 6) is -0.0132. The SMILES string of the molecule is CN(C)C=CC(=O)c1ccc2c(c1)CCO[C@@H]2[C@@H]1CCCN1C(=O)OC(C)(C)C. The topological polar surface area (TPSA) is 59.1 Å². The lowest BCUT2D eigenvalue weighted by molar-refractivity contribution is -0.0265. The Balaban J connectivity index is 1.81. The number of allylic oxidation sites excluding steroid dienone is 1. The Kier molecular flexibility index (Phi) is 6.32. The molecule has 0 bridgehead atoms. The molecule has 0 saturated carbocycles. The zero-order valence-electron chi connectivity index (χ0n) is 18.1. The van der Waals surface area contributed by atoms with E-state index in [0.29, 0.717) is 18.7 Å². The Hall–Kier alpha value is -2.34. The third kappa shape index (κ3) is 5.18. The molecule has 1 aromatic rings. The van der Waals surface area contributed by atoms with E-state index in [0.717, 1.165) is 30.4 Å². The first-order chi connectivity index (χ1) is 13.7. The van der Waals surface area contributed by atoms with Gasteiger partial charge >= 0.3 is 6.09 Å². The van der Waals surface area contributed by atoms with Gasteiger partial charge < -0.3 is 19.3 Å². The van der Waals surface area contributed by atoms with Gasteiger partial charge in [0.2, 0.25) is 0 Å². The average Bonchev–Trinajstić information content (AvgIpc) is 3.13. The minimum atomic E-state index is -0.523. The third-order valence-electron chi connectivity index (χ3n) is 5.20. The standard InChI is InChI=1S/C23H32N2O4/c1-23(2,3)29-22(27)25-12-6-7-19(25)21-18-9-8-17(15-16(18)11-14-28-21)20(26)10-13-24(4)5/h8-10,13,15,19,21H,6-7,11-12,14H2,1-5H3/t19-,21-/m0/s1. The highest BCUT2D eigenvalue weighted by Gasteiger charge is 2.40. The van der Waals surface area contributed by atoms with Gasteiger partial charge in [-0.1, -0.05) is 12.1 Å². The van der Waals surface area contributed by atoms with Crippen LogP contribution in [0.15, 0.2) is 30.5 Å². The van der Waals surface area contributed by atoms with Gasteiger partial charge in [-0.2, -0.15) is 0 Å². The van der Waals surface area contributed by atoms with E-state index in [1.54, 1.807) is 12.3 Å². The van der Waals surface area contributed by atoms with Crippen molar-refractivity contribution in [2.24, 2.45) is 0 Å². The molecule has 0 N–H and O–H groups in total. The third-order valence-corrected chi connectivity index (χ3v) is 5.20. The highest BCUT2D eigenvalue weighted by molar-refractivity contribution is 6.04. The second-order valence-electron chi connectivity index (χ2n) is 8.98. The number of carbonyl (C=O) groups excluding carboxylic acids is 2. The number of carbonyl (C=O) groups is 2. The van der Waals surface area contributed by atoms with Gasteiger partial charge in [-0.3, -0.25) is 4.79 Å². The number of fused-ring (bicyclic) bond motifs is 1. The molecule has 0 aliphatic carbocycles. The van der Waals surface area contributed by atoms with E-state index in [4.69, 9.17) is 9.47 Å². The Morgan fingerprint density at radius 1 is 1.28 bits per heavy atom. The fourth-order valence-corrected chi connectivity index (χ4v) is 3.92. The van der Waals surface area contributed by atoms with Crippen LogP contribution in [-0.4, -0.2) is 60.6 Å². The molecule has 1 aromatic carbocycles. The molecule has 2 aliphatic heterocycles. The van der Waals surface area contributed by atoms with E-state index >= 15 is 0 Å². The lowest BCUT2D eigenvalue weighted by Gasteiger charge is -2.36. The summed E-state index contributed by atoms with van der Waals surface area (Å²) in [5.41, 5.74) is 2.36. The second kappa shape index (κ2) is 8.57. The first-order valence-corrected chi connectivity index (χ1v) is 10.3. The fraction of sp³-hybridized carbons (Fsp3) is 0.565. The van der Waals surface area contributed by atoms with E-state index in [1.807, 2.05) is 62.9 Å². The van der Waals surface area contributed by atoms with Gasteiger partial charge in [-0.15, -0.1) is 0 Å². The van der Waals surface area contributed by atoms with E-state index in [2.05, 4.69) is 0 Å². The number of ether oxygens (including phenoxy) is 2. The van der Waals surface area contributed by atoms with Crippen molar-refractivity contribution in [1.29, 1.82) is 0 Å². The molecule has 29 heavy (non-hydrogen) atoms. The molecule has 1 fully saturated rings. The summed E-state index contributed by atoms with van der Waals surface area (Å²) < 4.78 is 11.7. The Labute approximate surface area is 173 Å². The van der Waals surface area contributed by atoms with E-state index in [9.17, 15) is 9.59 Å². The zero-order valence-corrected chi connectivity index (χ0v) is 18.1. The molecular weight excluding hydrogens is 368 g/mol. The molecule has 2 aliphatic rings. The molecule has 0 aromatic heterocycles. The van der Waals surface area contributed by atoms with Crippen molar-refractivity contribution < 1.29 is 19.1 Å². The van der Waals surface area contributed by atoms with Gasteiger partial charge in [0.25, 0.3) is 0 Å².